The number of hydrogen-bond acceptors (Lipinski definition) is 4. The minimum absolute atomic E-state index is 0.119. The highest BCUT2D eigenvalue weighted by Crippen LogP contribution is 2.19. The first-order valence-corrected chi connectivity index (χ1v) is 9.59. The minimum Gasteiger partial charge on any atom is -0.326 e. The first-order valence-electron chi connectivity index (χ1n) is 8.71. The lowest BCUT2D eigenvalue weighted by atomic mass is 10.1. The van der Waals surface area contributed by atoms with Crippen molar-refractivity contribution in [3.63, 3.8) is 0 Å². The van der Waals surface area contributed by atoms with Crippen molar-refractivity contribution in [3.05, 3.63) is 76.5 Å². The summed E-state index contributed by atoms with van der Waals surface area (Å²) in [7, 11) is 0. The third kappa shape index (κ3) is 5.05. The number of benzene rings is 2. The Kier molecular flexibility index (Phi) is 6.18. The molecule has 3 aromatic rings. The maximum absolute atomic E-state index is 12.5. The number of carbonyl (C=O) groups excluding carboxylic acids is 3. The molecule has 1 aromatic heterocycles. The van der Waals surface area contributed by atoms with Crippen molar-refractivity contribution in [2.24, 2.45) is 0 Å². The molecule has 142 valence electrons. The molecule has 2 aromatic carbocycles. The van der Waals surface area contributed by atoms with Gasteiger partial charge in [-0.2, -0.15) is 0 Å². The Hall–Kier alpha value is -3.45. The summed E-state index contributed by atoms with van der Waals surface area (Å²) in [5, 5.41) is 10.2. The van der Waals surface area contributed by atoms with Gasteiger partial charge in [-0.3, -0.25) is 14.4 Å². The third-order valence-corrected chi connectivity index (χ3v) is 4.72. The number of anilines is 3. The van der Waals surface area contributed by atoms with Crippen LogP contribution in [0.25, 0.3) is 0 Å². The summed E-state index contributed by atoms with van der Waals surface area (Å²) >= 11 is 1.36. The van der Waals surface area contributed by atoms with E-state index in [0.717, 1.165) is 0 Å². The van der Waals surface area contributed by atoms with Crippen LogP contribution in [-0.2, 0) is 4.79 Å². The number of amides is 3. The highest BCUT2D eigenvalue weighted by Gasteiger charge is 2.10. The lowest BCUT2D eigenvalue weighted by Crippen LogP contribution is -2.14. The standard InChI is InChI=1S/C21H19N3O3S/c1-2-19(25)22-15-7-3-6-14(12-15)20(26)23-16-8-4-9-17(13-16)24-21(27)18-10-5-11-28-18/h3-13H,2H2,1H3,(H,22,25)(H,23,26)(H,24,27). The van der Waals surface area contributed by atoms with Crippen LogP contribution in [0.4, 0.5) is 17.1 Å². The average molecular weight is 393 g/mol. The number of hydrogen-bond donors (Lipinski definition) is 3. The van der Waals surface area contributed by atoms with E-state index in [1.54, 1.807) is 61.5 Å². The van der Waals surface area contributed by atoms with Crippen LogP contribution in [0.1, 0.15) is 33.4 Å². The predicted molar refractivity (Wildman–Crippen MR) is 112 cm³/mol. The molecule has 0 spiro atoms. The Morgan fingerprint density at radius 3 is 2.07 bits per heavy atom. The molecule has 0 fully saturated rings. The van der Waals surface area contributed by atoms with Crippen LogP contribution in [0, 0.1) is 0 Å². The number of rotatable bonds is 6. The Balaban J connectivity index is 1.68. The molecule has 0 aliphatic heterocycles. The molecule has 0 saturated carbocycles. The van der Waals surface area contributed by atoms with E-state index < -0.39 is 0 Å². The van der Waals surface area contributed by atoms with Gasteiger partial charge in [0.05, 0.1) is 4.88 Å². The molecule has 6 nitrogen and oxygen atoms in total. The fourth-order valence-corrected chi connectivity index (χ4v) is 3.08. The van der Waals surface area contributed by atoms with Gasteiger partial charge >= 0.3 is 0 Å². The Morgan fingerprint density at radius 2 is 1.43 bits per heavy atom. The number of carbonyl (C=O) groups is 3. The van der Waals surface area contributed by atoms with E-state index in [9.17, 15) is 14.4 Å². The molecule has 3 rings (SSSR count). The second-order valence-corrected chi connectivity index (χ2v) is 6.90. The van der Waals surface area contributed by atoms with Gasteiger partial charge < -0.3 is 16.0 Å². The molecule has 0 atom stereocenters. The van der Waals surface area contributed by atoms with Crippen molar-refractivity contribution in [3.8, 4) is 0 Å². The van der Waals surface area contributed by atoms with E-state index in [2.05, 4.69) is 16.0 Å². The number of thiophene rings is 1. The molecule has 3 amide bonds. The molecule has 28 heavy (non-hydrogen) atoms. The van der Waals surface area contributed by atoms with Crippen molar-refractivity contribution in [1.29, 1.82) is 0 Å². The van der Waals surface area contributed by atoms with Crippen LogP contribution in [0.15, 0.2) is 66.0 Å². The van der Waals surface area contributed by atoms with E-state index >= 15 is 0 Å². The first kappa shape index (κ1) is 19.3. The Morgan fingerprint density at radius 1 is 0.786 bits per heavy atom. The van der Waals surface area contributed by atoms with Crippen LogP contribution in [0.5, 0.6) is 0 Å². The molecule has 0 bridgehead atoms. The SMILES string of the molecule is CCC(=O)Nc1cccc(C(=O)Nc2cccc(NC(=O)c3cccs3)c2)c1. The topological polar surface area (TPSA) is 87.3 Å². The van der Waals surface area contributed by atoms with Crippen molar-refractivity contribution in [1.82, 2.24) is 0 Å². The maximum atomic E-state index is 12.5. The zero-order valence-electron chi connectivity index (χ0n) is 15.2. The smallest absolute Gasteiger partial charge is 0.265 e. The largest absolute Gasteiger partial charge is 0.326 e. The van der Waals surface area contributed by atoms with Gasteiger partial charge in [0.15, 0.2) is 0 Å². The summed E-state index contributed by atoms with van der Waals surface area (Å²) in [4.78, 5) is 36.8. The molecular formula is C21H19N3O3S. The summed E-state index contributed by atoms with van der Waals surface area (Å²) in [5.41, 5.74) is 2.12. The quantitative estimate of drug-likeness (QED) is 0.572. The van der Waals surface area contributed by atoms with Gasteiger partial charge in [-0.1, -0.05) is 25.1 Å². The first-order chi connectivity index (χ1) is 13.5. The second-order valence-electron chi connectivity index (χ2n) is 5.95. The van der Waals surface area contributed by atoms with Gasteiger partial charge in [0.25, 0.3) is 11.8 Å². The fraction of sp³-hybridized carbons (Fsp3) is 0.0952. The average Bonchev–Trinajstić information content (AvgIpc) is 3.23. The fourth-order valence-electron chi connectivity index (χ4n) is 2.47. The molecular weight excluding hydrogens is 374 g/mol. The summed E-state index contributed by atoms with van der Waals surface area (Å²) in [6.07, 6.45) is 0.362. The Bertz CT molecular complexity index is 1000. The molecule has 0 aliphatic carbocycles. The molecule has 0 saturated heterocycles. The van der Waals surface area contributed by atoms with Crippen LogP contribution >= 0.6 is 11.3 Å². The van der Waals surface area contributed by atoms with Crippen LogP contribution in [-0.4, -0.2) is 17.7 Å². The van der Waals surface area contributed by atoms with Crippen molar-refractivity contribution < 1.29 is 14.4 Å². The highest BCUT2D eigenvalue weighted by atomic mass is 32.1. The zero-order chi connectivity index (χ0) is 19.9. The maximum Gasteiger partial charge on any atom is 0.265 e. The van der Waals surface area contributed by atoms with E-state index in [1.165, 1.54) is 11.3 Å². The van der Waals surface area contributed by atoms with Gasteiger partial charge in [-0.05, 0) is 47.8 Å². The molecule has 1 heterocycles. The van der Waals surface area contributed by atoms with Gasteiger partial charge in [-0.25, -0.2) is 0 Å². The van der Waals surface area contributed by atoms with Crippen molar-refractivity contribution >= 4 is 46.1 Å². The molecule has 3 N–H and O–H groups in total. The lowest BCUT2D eigenvalue weighted by molar-refractivity contribution is -0.115. The normalized spacial score (nSPS) is 10.2. The van der Waals surface area contributed by atoms with Gasteiger partial charge in [0.2, 0.25) is 5.91 Å². The molecule has 0 radical (unpaired) electrons. The lowest BCUT2D eigenvalue weighted by Gasteiger charge is -2.10. The van der Waals surface area contributed by atoms with Crippen LogP contribution in [0.2, 0.25) is 0 Å². The van der Waals surface area contributed by atoms with E-state index in [0.29, 0.717) is 33.9 Å². The van der Waals surface area contributed by atoms with Crippen molar-refractivity contribution in [2.45, 2.75) is 13.3 Å². The van der Waals surface area contributed by atoms with E-state index in [4.69, 9.17) is 0 Å². The monoisotopic (exact) mass is 393 g/mol. The molecule has 0 unspecified atom stereocenters. The Labute approximate surface area is 166 Å². The minimum atomic E-state index is -0.311. The van der Waals surface area contributed by atoms with Gasteiger partial charge in [0, 0.05) is 29.0 Å². The summed E-state index contributed by atoms with van der Waals surface area (Å²) in [6, 6.07) is 17.2. The number of nitrogens with one attached hydrogen (secondary N) is 3. The van der Waals surface area contributed by atoms with E-state index in [1.807, 2.05) is 11.4 Å². The van der Waals surface area contributed by atoms with Gasteiger partial charge in [-0.15, -0.1) is 11.3 Å². The summed E-state index contributed by atoms with van der Waals surface area (Å²) in [6.45, 7) is 1.76. The van der Waals surface area contributed by atoms with Gasteiger partial charge in [0.1, 0.15) is 0 Å². The summed E-state index contributed by atoms with van der Waals surface area (Å²) in [5.74, 6) is -0.626. The third-order valence-electron chi connectivity index (χ3n) is 3.85. The van der Waals surface area contributed by atoms with Crippen LogP contribution in [0.3, 0.4) is 0 Å². The highest BCUT2D eigenvalue weighted by molar-refractivity contribution is 7.12. The predicted octanol–water partition coefficient (Wildman–Crippen LogP) is 4.60. The molecule has 0 aliphatic rings. The summed E-state index contributed by atoms with van der Waals surface area (Å²) < 4.78 is 0. The van der Waals surface area contributed by atoms with E-state index in [-0.39, 0.29) is 17.7 Å². The second kappa shape index (κ2) is 8.96. The van der Waals surface area contributed by atoms with Crippen LogP contribution < -0.4 is 16.0 Å². The molecule has 7 heteroatoms. The zero-order valence-corrected chi connectivity index (χ0v) is 16.0. The van der Waals surface area contributed by atoms with Crippen molar-refractivity contribution in [2.75, 3.05) is 16.0 Å².